The van der Waals surface area contributed by atoms with Crippen LogP contribution in [0.3, 0.4) is 0 Å². The van der Waals surface area contributed by atoms with E-state index in [0.717, 1.165) is 11.3 Å². The second-order valence-corrected chi connectivity index (χ2v) is 3.51. The first kappa shape index (κ1) is 10.4. The average Bonchev–Trinajstić information content (AvgIpc) is 2.28. The van der Waals surface area contributed by atoms with Crippen molar-refractivity contribution in [2.45, 2.75) is 13.5 Å². The van der Waals surface area contributed by atoms with Crippen molar-refractivity contribution in [1.82, 2.24) is 9.97 Å². The average molecular weight is 215 g/mol. The predicted molar refractivity (Wildman–Crippen MR) is 62.0 cm³/mol. The molecule has 0 aromatic carbocycles. The molecule has 2 aromatic heterocycles. The molecule has 4 heteroatoms. The van der Waals surface area contributed by atoms with E-state index in [4.69, 9.17) is 10.5 Å². The summed E-state index contributed by atoms with van der Waals surface area (Å²) in [5.41, 5.74) is 7.57. The quantitative estimate of drug-likeness (QED) is 0.850. The van der Waals surface area contributed by atoms with E-state index in [1.165, 1.54) is 0 Å². The lowest BCUT2D eigenvalue weighted by Gasteiger charge is -2.06. The van der Waals surface area contributed by atoms with E-state index in [1.807, 2.05) is 19.1 Å². The maximum atomic E-state index is 5.55. The van der Waals surface area contributed by atoms with Gasteiger partial charge in [-0.1, -0.05) is 6.07 Å². The summed E-state index contributed by atoms with van der Waals surface area (Å²) in [4.78, 5) is 8.08. The van der Waals surface area contributed by atoms with Gasteiger partial charge in [-0.15, -0.1) is 0 Å². The number of nitrogens with zero attached hydrogens (tertiary/aromatic N) is 2. The Morgan fingerprint density at radius 3 is 2.81 bits per heavy atom. The maximum absolute atomic E-state index is 5.55. The highest BCUT2D eigenvalue weighted by Crippen LogP contribution is 2.13. The number of hydrogen-bond donors (Lipinski definition) is 1. The number of anilines is 1. The van der Waals surface area contributed by atoms with E-state index in [2.05, 4.69) is 9.97 Å². The van der Waals surface area contributed by atoms with Gasteiger partial charge in [0.2, 0.25) is 0 Å². The van der Waals surface area contributed by atoms with Gasteiger partial charge in [-0.05, 0) is 19.1 Å². The molecule has 0 aliphatic heterocycles. The molecule has 2 aromatic rings. The molecular formula is C12H13N3O. The van der Waals surface area contributed by atoms with Gasteiger partial charge >= 0.3 is 0 Å². The van der Waals surface area contributed by atoms with Gasteiger partial charge < -0.3 is 10.5 Å². The molecule has 0 unspecified atom stereocenters. The molecule has 82 valence electrons. The molecule has 0 aliphatic rings. The van der Waals surface area contributed by atoms with Gasteiger partial charge in [-0.25, -0.2) is 4.98 Å². The molecule has 0 amide bonds. The fourth-order valence-electron chi connectivity index (χ4n) is 1.27. The van der Waals surface area contributed by atoms with Crippen LogP contribution in [0.2, 0.25) is 0 Å². The Bertz CT molecular complexity index is 468. The molecule has 4 nitrogen and oxygen atoms in total. The zero-order valence-corrected chi connectivity index (χ0v) is 9.05. The van der Waals surface area contributed by atoms with Gasteiger partial charge in [0.05, 0.1) is 0 Å². The largest absolute Gasteiger partial charge is 0.489 e. The van der Waals surface area contributed by atoms with Crippen molar-refractivity contribution in [2.24, 2.45) is 0 Å². The van der Waals surface area contributed by atoms with E-state index < -0.39 is 0 Å². The minimum Gasteiger partial charge on any atom is -0.489 e. The van der Waals surface area contributed by atoms with Crippen LogP contribution in [0.5, 0.6) is 5.75 Å². The van der Waals surface area contributed by atoms with Crippen molar-refractivity contribution in [2.75, 3.05) is 5.73 Å². The molecule has 16 heavy (non-hydrogen) atoms. The normalized spacial score (nSPS) is 10.1. The van der Waals surface area contributed by atoms with Crippen molar-refractivity contribution >= 4 is 5.82 Å². The number of pyridine rings is 2. The summed E-state index contributed by atoms with van der Waals surface area (Å²) in [5.74, 6) is 1.17. The lowest BCUT2D eigenvalue weighted by Crippen LogP contribution is -1.98. The van der Waals surface area contributed by atoms with Gasteiger partial charge in [-0.3, -0.25) is 4.98 Å². The lowest BCUT2D eigenvalue weighted by molar-refractivity contribution is 0.305. The zero-order chi connectivity index (χ0) is 11.4. The van der Waals surface area contributed by atoms with Crippen LogP contribution >= 0.6 is 0 Å². The standard InChI is InChI=1S/C12H13N3O/c1-9-2-3-10(7-15-9)8-16-11-4-5-14-12(13)6-11/h2-7H,8H2,1H3,(H2,13,14). The van der Waals surface area contributed by atoms with Crippen LogP contribution in [0, 0.1) is 6.92 Å². The number of ether oxygens (including phenoxy) is 1. The lowest BCUT2D eigenvalue weighted by atomic mass is 10.3. The molecule has 2 rings (SSSR count). The summed E-state index contributed by atoms with van der Waals surface area (Å²) in [6, 6.07) is 7.42. The van der Waals surface area contributed by atoms with Crippen molar-refractivity contribution in [3.05, 3.63) is 47.9 Å². The van der Waals surface area contributed by atoms with E-state index in [1.54, 1.807) is 24.5 Å². The Labute approximate surface area is 94.1 Å². The van der Waals surface area contributed by atoms with E-state index in [9.17, 15) is 0 Å². The minimum atomic E-state index is 0.458. The van der Waals surface area contributed by atoms with Crippen molar-refractivity contribution < 1.29 is 4.74 Å². The highest BCUT2D eigenvalue weighted by molar-refractivity contribution is 5.35. The number of nitrogens with two attached hydrogens (primary N) is 1. The Morgan fingerprint density at radius 2 is 2.12 bits per heavy atom. The van der Waals surface area contributed by atoms with E-state index in [0.29, 0.717) is 18.2 Å². The van der Waals surface area contributed by atoms with Crippen molar-refractivity contribution in [3.8, 4) is 5.75 Å². The summed E-state index contributed by atoms with van der Waals surface area (Å²) in [6.45, 7) is 2.44. The predicted octanol–water partition coefficient (Wildman–Crippen LogP) is 1.95. The SMILES string of the molecule is Cc1ccc(COc2ccnc(N)c2)cn1. The van der Waals surface area contributed by atoms with Crippen LogP contribution in [0.1, 0.15) is 11.3 Å². The number of nitrogen functional groups attached to an aromatic ring is 1. The molecule has 0 fully saturated rings. The Kier molecular flexibility index (Phi) is 3.00. The van der Waals surface area contributed by atoms with Gasteiger partial charge in [0.1, 0.15) is 18.2 Å². The van der Waals surface area contributed by atoms with Crippen molar-refractivity contribution in [3.63, 3.8) is 0 Å². The summed E-state index contributed by atoms with van der Waals surface area (Å²) < 4.78 is 5.55. The highest BCUT2D eigenvalue weighted by atomic mass is 16.5. The van der Waals surface area contributed by atoms with Crippen molar-refractivity contribution in [1.29, 1.82) is 0 Å². The number of rotatable bonds is 3. The number of aromatic nitrogens is 2. The summed E-state index contributed by atoms with van der Waals surface area (Å²) in [5, 5.41) is 0. The molecule has 0 aliphatic carbocycles. The molecule has 0 saturated heterocycles. The molecule has 0 saturated carbocycles. The fraction of sp³-hybridized carbons (Fsp3) is 0.167. The van der Waals surface area contributed by atoms with Crippen LogP contribution in [-0.2, 0) is 6.61 Å². The second kappa shape index (κ2) is 4.61. The van der Waals surface area contributed by atoms with E-state index in [-0.39, 0.29) is 0 Å². The number of aryl methyl sites for hydroxylation is 1. The number of hydrogen-bond acceptors (Lipinski definition) is 4. The highest BCUT2D eigenvalue weighted by Gasteiger charge is 1.97. The second-order valence-electron chi connectivity index (χ2n) is 3.51. The molecule has 0 bridgehead atoms. The van der Waals surface area contributed by atoms with Crippen LogP contribution in [0.4, 0.5) is 5.82 Å². The van der Waals surface area contributed by atoms with Crippen LogP contribution < -0.4 is 10.5 Å². The van der Waals surface area contributed by atoms with Crippen LogP contribution in [0.15, 0.2) is 36.7 Å². The summed E-state index contributed by atoms with van der Waals surface area (Å²) in [6.07, 6.45) is 3.43. The topological polar surface area (TPSA) is 61.0 Å². The van der Waals surface area contributed by atoms with Crippen LogP contribution in [0.25, 0.3) is 0 Å². The molecule has 2 N–H and O–H groups in total. The Balaban J connectivity index is 1.99. The fourth-order valence-corrected chi connectivity index (χ4v) is 1.27. The van der Waals surface area contributed by atoms with Gasteiger partial charge in [0.15, 0.2) is 0 Å². The maximum Gasteiger partial charge on any atom is 0.126 e. The monoisotopic (exact) mass is 215 g/mol. The molecular weight excluding hydrogens is 202 g/mol. The third-order valence-corrected chi connectivity index (χ3v) is 2.13. The molecule has 2 heterocycles. The third kappa shape index (κ3) is 2.70. The van der Waals surface area contributed by atoms with Gasteiger partial charge in [0.25, 0.3) is 0 Å². The Morgan fingerprint density at radius 1 is 1.25 bits per heavy atom. The Hall–Kier alpha value is -2.10. The first-order valence-corrected chi connectivity index (χ1v) is 5.00. The molecule has 0 atom stereocenters. The zero-order valence-electron chi connectivity index (χ0n) is 9.05. The first-order chi connectivity index (χ1) is 7.74. The summed E-state index contributed by atoms with van der Waals surface area (Å²) >= 11 is 0. The molecule has 0 spiro atoms. The van der Waals surface area contributed by atoms with Crippen LogP contribution in [-0.4, -0.2) is 9.97 Å². The first-order valence-electron chi connectivity index (χ1n) is 5.00. The smallest absolute Gasteiger partial charge is 0.126 e. The third-order valence-electron chi connectivity index (χ3n) is 2.13. The molecule has 0 radical (unpaired) electrons. The van der Waals surface area contributed by atoms with Gasteiger partial charge in [0, 0.05) is 29.7 Å². The van der Waals surface area contributed by atoms with E-state index >= 15 is 0 Å². The summed E-state index contributed by atoms with van der Waals surface area (Å²) in [7, 11) is 0. The minimum absolute atomic E-state index is 0.458. The van der Waals surface area contributed by atoms with Gasteiger partial charge in [-0.2, -0.15) is 0 Å².